The van der Waals surface area contributed by atoms with Crippen LogP contribution in [0, 0.1) is 0 Å². The smallest absolute Gasteiger partial charge is 0.463 e. The van der Waals surface area contributed by atoms with Crippen molar-refractivity contribution in [3.8, 4) is 0 Å². The molecule has 4 N–H and O–H groups in total. The van der Waals surface area contributed by atoms with Gasteiger partial charge in [-0.05, 0) is 122 Å². The standard InChI is InChI=1S/C83H140O16P2/c1-4-7-10-13-16-19-22-24-26-28-30-32-33-34-35-36-37-38-39-40-41-42-43-45-47-48-50-52-55-57-60-63-66-69-81(86)93-72-78(84)73-95-100(89,90)96-74-79(85)75-97-101(91,92)98-77-80(99-83(88)71-68-65-62-59-54-21-18-15-12-9-6-3)76-94-82(87)70-67-64-61-58-56-53-51-49-46-44-31-29-27-25-23-20-17-14-11-8-5-2/h7-8,10-11,16-17,19-20,24-27,30-32,34-35,37-38,44,49,51,56,58,78-80,84-85H,4-6,9,12-15,18,21-23,28-29,33,36,39-43,45-48,50,52-55,57,59-77H2,1-3H3,(H,89,90)(H,91,92)/b10-7-,11-8-,19-16-,20-17-,26-24-,27-25-,32-30-,35-34-,38-37-,44-31-,51-49-,58-56-. The highest BCUT2D eigenvalue weighted by Crippen LogP contribution is 2.45. The van der Waals surface area contributed by atoms with Crippen LogP contribution in [-0.4, -0.2) is 95.9 Å². The van der Waals surface area contributed by atoms with E-state index in [-0.39, 0.29) is 19.3 Å². The first-order valence-electron chi connectivity index (χ1n) is 39.1. The van der Waals surface area contributed by atoms with Crippen LogP contribution >= 0.6 is 15.6 Å². The van der Waals surface area contributed by atoms with E-state index < -0.39 is 91.5 Å². The number of rotatable bonds is 73. The van der Waals surface area contributed by atoms with Crippen molar-refractivity contribution in [2.24, 2.45) is 0 Å². The molecule has 0 aromatic rings. The molecule has 18 heteroatoms. The number of carbonyl (C=O) groups is 3. The van der Waals surface area contributed by atoms with E-state index in [4.69, 9.17) is 32.3 Å². The summed E-state index contributed by atoms with van der Waals surface area (Å²) in [5.74, 6) is -1.63. The molecule has 0 heterocycles. The summed E-state index contributed by atoms with van der Waals surface area (Å²) in [7, 11) is -9.79. The molecular formula is C83H140O16P2. The second-order valence-electron chi connectivity index (χ2n) is 25.8. The molecule has 0 amide bonds. The van der Waals surface area contributed by atoms with Crippen molar-refractivity contribution in [3.05, 3.63) is 146 Å². The van der Waals surface area contributed by atoms with Gasteiger partial charge in [-0.15, -0.1) is 0 Å². The van der Waals surface area contributed by atoms with E-state index in [0.29, 0.717) is 19.3 Å². The molecule has 0 aliphatic heterocycles. The summed E-state index contributed by atoms with van der Waals surface area (Å²) in [5, 5.41) is 20.6. The molecule has 0 saturated heterocycles. The maximum atomic E-state index is 12.9. The van der Waals surface area contributed by atoms with Gasteiger partial charge in [-0.2, -0.15) is 0 Å². The molecule has 5 unspecified atom stereocenters. The Morgan fingerprint density at radius 1 is 0.287 bits per heavy atom. The third-order valence-electron chi connectivity index (χ3n) is 16.1. The Bertz CT molecular complexity index is 2420. The van der Waals surface area contributed by atoms with E-state index in [1.165, 1.54) is 103 Å². The number of aliphatic hydroxyl groups is 2. The number of esters is 3. The van der Waals surface area contributed by atoms with Gasteiger partial charge in [0.2, 0.25) is 0 Å². The summed E-state index contributed by atoms with van der Waals surface area (Å²) in [5.41, 5.74) is 0. The summed E-state index contributed by atoms with van der Waals surface area (Å²) in [6.45, 7) is 2.39. The van der Waals surface area contributed by atoms with Crippen molar-refractivity contribution in [2.75, 3.05) is 39.6 Å². The quantitative estimate of drug-likeness (QED) is 0.0146. The molecule has 0 bridgehead atoms. The van der Waals surface area contributed by atoms with Crippen LogP contribution in [0.4, 0.5) is 0 Å². The lowest BCUT2D eigenvalue weighted by atomic mass is 10.0. The lowest BCUT2D eigenvalue weighted by Gasteiger charge is -2.21. The largest absolute Gasteiger partial charge is 0.472 e. The van der Waals surface area contributed by atoms with Crippen LogP contribution < -0.4 is 0 Å². The van der Waals surface area contributed by atoms with Crippen LogP contribution in [-0.2, 0) is 55.8 Å². The Balaban J connectivity index is 4.42. The minimum Gasteiger partial charge on any atom is -0.463 e. The number of phosphoric acid groups is 2. The number of carbonyl (C=O) groups excluding carboxylic acids is 3. The van der Waals surface area contributed by atoms with Gasteiger partial charge in [0, 0.05) is 19.3 Å². The molecule has 0 spiro atoms. The van der Waals surface area contributed by atoms with Crippen molar-refractivity contribution in [3.63, 3.8) is 0 Å². The van der Waals surface area contributed by atoms with Crippen molar-refractivity contribution in [1.29, 1.82) is 0 Å². The van der Waals surface area contributed by atoms with Gasteiger partial charge < -0.3 is 34.2 Å². The number of allylic oxidation sites excluding steroid dienone is 24. The second kappa shape index (κ2) is 75.1. The number of ether oxygens (including phenoxy) is 3. The average Bonchev–Trinajstić information content (AvgIpc) is 0.948. The molecule has 578 valence electrons. The van der Waals surface area contributed by atoms with Gasteiger partial charge >= 0.3 is 33.6 Å². The van der Waals surface area contributed by atoms with E-state index >= 15 is 0 Å². The SMILES string of the molecule is CC/C=C\C/C=C\C/C=C\C/C=C\C/C=C\C/C=C\CCCCCCCCCCCCCCCCC(=O)OCC(O)COP(=O)(O)OCC(O)COP(=O)(O)OCC(COC(=O)CCCC/C=C\C/C=C\C/C=C\C/C=C\C/C=C\C/C=C\CC)OC(=O)CCCCCCCCCCCCC. The maximum absolute atomic E-state index is 12.9. The normalized spacial score (nSPS) is 14.8. The number of unbranched alkanes of at least 4 members (excludes halogenated alkanes) is 26. The lowest BCUT2D eigenvalue weighted by Crippen LogP contribution is -2.30. The van der Waals surface area contributed by atoms with E-state index in [9.17, 15) is 43.5 Å². The summed E-state index contributed by atoms with van der Waals surface area (Å²) in [6.07, 6.45) is 92.1. The van der Waals surface area contributed by atoms with Crippen LogP contribution in [0.1, 0.15) is 303 Å². The number of phosphoric ester groups is 2. The predicted octanol–water partition coefficient (Wildman–Crippen LogP) is 22.9. The minimum absolute atomic E-state index is 0.0942. The van der Waals surface area contributed by atoms with Gasteiger partial charge in [0.05, 0.1) is 26.4 Å². The van der Waals surface area contributed by atoms with Crippen LogP contribution in [0.5, 0.6) is 0 Å². The first kappa shape index (κ1) is 96.4. The highest BCUT2D eigenvalue weighted by Gasteiger charge is 2.29. The number of hydrogen-bond donors (Lipinski definition) is 4. The summed E-state index contributed by atoms with van der Waals surface area (Å²) >= 11 is 0. The zero-order valence-electron chi connectivity index (χ0n) is 63.0. The molecule has 0 aromatic heterocycles. The third kappa shape index (κ3) is 76.4. The zero-order valence-corrected chi connectivity index (χ0v) is 64.8. The second-order valence-corrected chi connectivity index (χ2v) is 28.7. The number of aliphatic hydroxyl groups excluding tert-OH is 2. The highest BCUT2D eigenvalue weighted by molar-refractivity contribution is 7.47. The highest BCUT2D eigenvalue weighted by atomic mass is 31.2. The fourth-order valence-electron chi connectivity index (χ4n) is 10.2. The molecule has 0 aliphatic carbocycles. The Labute approximate surface area is 613 Å². The summed E-state index contributed by atoms with van der Waals surface area (Å²) in [6, 6.07) is 0. The van der Waals surface area contributed by atoms with Gasteiger partial charge in [0.25, 0.3) is 0 Å². The molecule has 101 heavy (non-hydrogen) atoms. The fraction of sp³-hybridized carbons (Fsp3) is 0.675. The van der Waals surface area contributed by atoms with Crippen LogP contribution in [0.15, 0.2) is 146 Å². The van der Waals surface area contributed by atoms with Crippen LogP contribution in [0.25, 0.3) is 0 Å². The summed E-state index contributed by atoms with van der Waals surface area (Å²) < 4.78 is 61.0. The Morgan fingerprint density at radius 3 is 0.851 bits per heavy atom. The molecule has 16 nitrogen and oxygen atoms in total. The van der Waals surface area contributed by atoms with Gasteiger partial charge in [-0.25, -0.2) is 9.13 Å². The van der Waals surface area contributed by atoms with E-state index in [1.807, 2.05) is 0 Å². The van der Waals surface area contributed by atoms with Crippen molar-refractivity contribution >= 4 is 33.6 Å². The molecule has 0 aromatic carbocycles. The minimum atomic E-state index is -4.94. The van der Waals surface area contributed by atoms with Gasteiger partial charge in [-0.3, -0.25) is 32.5 Å². The van der Waals surface area contributed by atoms with Crippen LogP contribution in [0.3, 0.4) is 0 Å². The first-order valence-corrected chi connectivity index (χ1v) is 42.1. The van der Waals surface area contributed by atoms with Gasteiger partial charge in [0.15, 0.2) is 6.10 Å². The van der Waals surface area contributed by atoms with Crippen LogP contribution in [0.2, 0.25) is 0 Å². The maximum Gasteiger partial charge on any atom is 0.472 e. The molecule has 0 aliphatic rings. The zero-order chi connectivity index (χ0) is 73.7. The monoisotopic (exact) mass is 1450 g/mol. The molecular weight excluding hydrogens is 1310 g/mol. The van der Waals surface area contributed by atoms with E-state index in [1.54, 1.807) is 0 Å². The predicted molar refractivity (Wildman–Crippen MR) is 417 cm³/mol. The van der Waals surface area contributed by atoms with Crippen molar-refractivity contribution in [2.45, 2.75) is 322 Å². The Morgan fingerprint density at radius 2 is 0.525 bits per heavy atom. The molecule has 0 fully saturated rings. The third-order valence-corrected chi connectivity index (χ3v) is 18.0. The van der Waals surface area contributed by atoms with E-state index in [2.05, 4.69) is 167 Å². The van der Waals surface area contributed by atoms with E-state index in [0.717, 1.165) is 141 Å². The van der Waals surface area contributed by atoms with Gasteiger partial charge in [-0.1, -0.05) is 308 Å². The lowest BCUT2D eigenvalue weighted by molar-refractivity contribution is -0.161. The molecule has 5 atom stereocenters. The Hall–Kier alpha value is -4.57. The topological polar surface area (TPSA) is 231 Å². The molecule has 0 radical (unpaired) electrons. The Kier molecular flexibility index (Phi) is 71.7. The summed E-state index contributed by atoms with van der Waals surface area (Å²) in [4.78, 5) is 58.5. The fourth-order valence-corrected chi connectivity index (χ4v) is 11.8. The van der Waals surface area contributed by atoms with Crippen molar-refractivity contribution in [1.82, 2.24) is 0 Å². The molecule has 0 rings (SSSR count). The first-order chi connectivity index (χ1) is 49.2. The number of hydrogen-bond acceptors (Lipinski definition) is 14. The molecule has 0 saturated carbocycles. The van der Waals surface area contributed by atoms with Gasteiger partial charge in [0.1, 0.15) is 25.4 Å². The average molecular weight is 1460 g/mol. The van der Waals surface area contributed by atoms with Crippen molar-refractivity contribution < 1.29 is 75.8 Å².